The molecule has 1 fully saturated rings. The fourth-order valence-electron chi connectivity index (χ4n) is 3.99. The van der Waals surface area contributed by atoms with Gasteiger partial charge in [-0.2, -0.15) is 9.97 Å². The van der Waals surface area contributed by atoms with Gasteiger partial charge in [0, 0.05) is 32.0 Å². The zero-order valence-corrected chi connectivity index (χ0v) is 22.2. The monoisotopic (exact) mass is 554 g/mol. The quantitative estimate of drug-likeness (QED) is 0.387. The molecule has 1 aliphatic rings. The Morgan fingerprint density at radius 3 is 2.35 bits per heavy atom. The molecule has 0 spiro atoms. The lowest BCUT2D eigenvalue weighted by Crippen LogP contribution is -2.33. The number of hydrogen-bond acceptors (Lipinski definition) is 12. The molecule has 3 aromatic rings. The summed E-state index contributed by atoms with van der Waals surface area (Å²) in [6.45, 7) is 2.49. The molecule has 1 N–H and O–H groups in total. The van der Waals surface area contributed by atoms with E-state index in [1.165, 1.54) is 51.5 Å². The lowest BCUT2D eigenvalue weighted by Gasteiger charge is -2.24. The predicted octanol–water partition coefficient (Wildman–Crippen LogP) is 1.93. The van der Waals surface area contributed by atoms with Crippen LogP contribution in [-0.2, 0) is 19.5 Å². The van der Waals surface area contributed by atoms with Gasteiger partial charge in [0.1, 0.15) is 23.5 Å². The molecule has 3 aromatic heterocycles. The van der Waals surface area contributed by atoms with Crippen LogP contribution < -0.4 is 14.2 Å². The third-order valence-electron chi connectivity index (χ3n) is 5.88. The van der Waals surface area contributed by atoms with Crippen LogP contribution >= 0.6 is 11.6 Å². The van der Waals surface area contributed by atoms with E-state index in [1.54, 1.807) is 0 Å². The third kappa shape index (κ3) is 5.58. The molecule has 1 saturated heterocycles. The highest BCUT2D eigenvalue weighted by atomic mass is 35.5. The van der Waals surface area contributed by atoms with Crippen LogP contribution in [0.4, 0.5) is 5.95 Å². The van der Waals surface area contributed by atoms with Crippen molar-refractivity contribution >= 4 is 27.6 Å². The van der Waals surface area contributed by atoms with Crippen molar-refractivity contribution in [3.8, 4) is 17.4 Å². The molecule has 37 heavy (non-hydrogen) atoms. The van der Waals surface area contributed by atoms with E-state index in [0.29, 0.717) is 24.1 Å². The smallest absolute Gasteiger partial charge is 0.245 e. The standard InChI is InChI=1S/C21H27ClN8O6S/c1-12(16(33-2)17-23-8-14(22)9-24-17)37(31,32)29-21-28-27-18(13-6-5-7-36-10-13)30(21)15-19(34-3)25-11-26-20(15)35-4/h8-9,11-13,16H,5-7,10H2,1-4H3,(H,28,29)/t12-,13+,16-/m0/s1. The Morgan fingerprint density at radius 1 is 1.11 bits per heavy atom. The second kappa shape index (κ2) is 11.5. The number of hydrogen-bond donors (Lipinski definition) is 1. The lowest BCUT2D eigenvalue weighted by molar-refractivity contribution is 0.0775. The number of sulfonamides is 1. The van der Waals surface area contributed by atoms with E-state index in [-0.39, 0.29) is 35.1 Å². The summed E-state index contributed by atoms with van der Waals surface area (Å²) >= 11 is 5.87. The molecule has 0 radical (unpaired) electrons. The van der Waals surface area contributed by atoms with Gasteiger partial charge >= 0.3 is 0 Å². The molecule has 200 valence electrons. The van der Waals surface area contributed by atoms with E-state index in [2.05, 4.69) is 34.9 Å². The van der Waals surface area contributed by atoms with Crippen molar-refractivity contribution in [3.05, 3.63) is 35.4 Å². The molecule has 14 nitrogen and oxygen atoms in total. The summed E-state index contributed by atoms with van der Waals surface area (Å²) in [6, 6.07) is 0. The summed E-state index contributed by atoms with van der Waals surface area (Å²) in [5.41, 5.74) is 0.243. The van der Waals surface area contributed by atoms with Crippen molar-refractivity contribution in [3.63, 3.8) is 0 Å². The zero-order valence-electron chi connectivity index (χ0n) is 20.7. The Labute approximate surface area is 218 Å². The van der Waals surface area contributed by atoms with E-state index < -0.39 is 21.4 Å². The normalized spacial score (nSPS) is 17.7. The Morgan fingerprint density at radius 2 is 1.78 bits per heavy atom. The number of methoxy groups -OCH3 is 3. The molecule has 16 heteroatoms. The number of halogens is 1. The largest absolute Gasteiger partial charge is 0.479 e. The molecule has 0 aliphatic carbocycles. The van der Waals surface area contributed by atoms with Crippen LogP contribution in [0.5, 0.6) is 11.8 Å². The molecule has 1 aliphatic heterocycles. The van der Waals surface area contributed by atoms with Crippen molar-refractivity contribution in [1.29, 1.82) is 0 Å². The van der Waals surface area contributed by atoms with Crippen molar-refractivity contribution in [1.82, 2.24) is 34.7 Å². The minimum Gasteiger partial charge on any atom is -0.479 e. The number of aromatic nitrogens is 7. The highest BCUT2D eigenvalue weighted by Crippen LogP contribution is 2.36. The maximum Gasteiger partial charge on any atom is 0.245 e. The van der Waals surface area contributed by atoms with E-state index in [4.69, 9.17) is 30.5 Å². The topological polar surface area (TPSA) is 165 Å². The second-order valence-electron chi connectivity index (χ2n) is 8.14. The van der Waals surface area contributed by atoms with Gasteiger partial charge in [0.25, 0.3) is 0 Å². The number of nitrogens with zero attached hydrogens (tertiary/aromatic N) is 7. The molecular weight excluding hydrogens is 528 g/mol. The number of nitrogens with one attached hydrogen (secondary N) is 1. The molecule has 4 rings (SSSR count). The minimum absolute atomic E-state index is 0.106. The summed E-state index contributed by atoms with van der Waals surface area (Å²) in [4.78, 5) is 16.5. The fraction of sp³-hybridized carbons (Fsp3) is 0.524. The van der Waals surface area contributed by atoms with Crippen LogP contribution in [0.1, 0.15) is 43.4 Å². The van der Waals surface area contributed by atoms with E-state index in [9.17, 15) is 8.42 Å². The lowest BCUT2D eigenvalue weighted by atomic mass is 10.0. The molecule has 0 bridgehead atoms. The average molecular weight is 555 g/mol. The van der Waals surface area contributed by atoms with E-state index >= 15 is 0 Å². The maximum atomic E-state index is 13.5. The van der Waals surface area contributed by atoms with Crippen LogP contribution in [0.15, 0.2) is 18.7 Å². The van der Waals surface area contributed by atoms with Gasteiger partial charge in [0.05, 0.1) is 25.8 Å². The Kier molecular flexibility index (Phi) is 8.36. The van der Waals surface area contributed by atoms with Crippen LogP contribution in [0.3, 0.4) is 0 Å². The van der Waals surface area contributed by atoms with Crippen LogP contribution in [0.2, 0.25) is 5.02 Å². The highest BCUT2D eigenvalue weighted by Gasteiger charge is 2.36. The molecule has 0 saturated carbocycles. The van der Waals surface area contributed by atoms with E-state index in [0.717, 1.165) is 12.8 Å². The van der Waals surface area contributed by atoms with Crippen LogP contribution in [-0.4, -0.2) is 82.9 Å². The van der Waals surface area contributed by atoms with Crippen molar-refractivity contribution < 1.29 is 27.4 Å². The molecular formula is C21H27ClN8O6S. The van der Waals surface area contributed by atoms with Crippen molar-refractivity contribution in [2.24, 2.45) is 0 Å². The summed E-state index contributed by atoms with van der Waals surface area (Å²) in [5.74, 6) is 0.614. The predicted molar refractivity (Wildman–Crippen MR) is 132 cm³/mol. The summed E-state index contributed by atoms with van der Waals surface area (Å²) in [7, 11) is 0.0970. The van der Waals surface area contributed by atoms with Gasteiger partial charge in [-0.05, 0) is 19.8 Å². The number of rotatable bonds is 10. The highest BCUT2D eigenvalue weighted by molar-refractivity contribution is 7.93. The first-order valence-corrected chi connectivity index (χ1v) is 13.2. The first-order chi connectivity index (χ1) is 17.8. The Hall–Kier alpha value is -3.14. The van der Waals surface area contributed by atoms with Gasteiger partial charge in [0.15, 0.2) is 11.5 Å². The number of ether oxygens (including phenoxy) is 4. The Bertz CT molecular complexity index is 1290. The van der Waals surface area contributed by atoms with Gasteiger partial charge in [-0.1, -0.05) is 11.6 Å². The van der Waals surface area contributed by atoms with Crippen LogP contribution in [0.25, 0.3) is 5.69 Å². The van der Waals surface area contributed by atoms with Gasteiger partial charge < -0.3 is 18.9 Å². The van der Waals surface area contributed by atoms with Gasteiger partial charge in [-0.25, -0.2) is 18.4 Å². The third-order valence-corrected chi connectivity index (χ3v) is 7.77. The minimum atomic E-state index is -4.13. The van der Waals surface area contributed by atoms with Crippen molar-refractivity contribution in [2.45, 2.75) is 37.0 Å². The fourth-order valence-corrected chi connectivity index (χ4v) is 5.22. The van der Waals surface area contributed by atoms with E-state index in [1.807, 2.05) is 0 Å². The van der Waals surface area contributed by atoms with Crippen molar-refractivity contribution in [2.75, 3.05) is 39.3 Å². The number of anilines is 1. The van der Waals surface area contributed by atoms with Crippen LogP contribution in [0, 0.1) is 0 Å². The molecule has 4 heterocycles. The first-order valence-electron chi connectivity index (χ1n) is 11.3. The maximum absolute atomic E-state index is 13.5. The molecule has 0 amide bonds. The molecule has 0 unspecified atom stereocenters. The zero-order chi connectivity index (χ0) is 26.6. The summed E-state index contributed by atoms with van der Waals surface area (Å²) in [5, 5.41) is 7.65. The average Bonchev–Trinajstić information content (AvgIpc) is 3.32. The molecule has 0 aromatic carbocycles. The van der Waals surface area contributed by atoms with Gasteiger partial charge in [-0.3, -0.25) is 9.29 Å². The second-order valence-corrected chi connectivity index (χ2v) is 10.6. The molecule has 3 atom stereocenters. The van der Waals surface area contributed by atoms with Gasteiger partial charge in [-0.15, -0.1) is 10.2 Å². The first kappa shape index (κ1) is 26.9. The van der Waals surface area contributed by atoms with Gasteiger partial charge in [0.2, 0.25) is 27.7 Å². The Balaban J connectivity index is 1.78. The summed E-state index contributed by atoms with van der Waals surface area (Å²) in [6.07, 6.45) is 4.58. The SMILES string of the molecule is COc1ncnc(OC)c1-n1c(NS(=O)(=O)[C@@H](C)[C@H](OC)c2ncc(Cl)cn2)nnc1[C@@H]1CCCOC1. The summed E-state index contributed by atoms with van der Waals surface area (Å²) < 4.78 is 53.1.